The second-order valence-electron chi connectivity index (χ2n) is 2.35. The summed E-state index contributed by atoms with van der Waals surface area (Å²) in [6.45, 7) is 2.13. The van der Waals surface area contributed by atoms with Crippen LogP contribution in [-0.2, 0) is 6.42 Å². The summed E-state index contributed by atoms with van der Waals surface area (Å²) in [4.78, 5) is 0. The first-order valence-corrected chi connectivity index (χ1v) is 4.11. The lowest BCUT2D eigenvalue weighted by Crippen LogP contribution is -1.74. The van der Waals surface area contributed by atoms with E-state index in [1.165, 1.54) is 5.56 Å². The molecule has 0 atom stereocenters. The Bertz CT molecular complexity index is 337. The fraction of sp³-hybridized carbons (Fsp3) is 0.250. The first-order chi connectivity index (χ1) is 4.81. The van der Waals surface area contributed by atoms with E-state index >= 15 is 0 Å². The average molecular weight is 199 g/mol. The zero-order chi connectivity index (χ0) is 7.14. The van der Waals surface area contributed by atoms with Crippen molar-refractivity contribution >= 4 is 27.1 Å². The van der Waals surface area contributed by atoms with Crippen LogP contribution in [0.3, 0.4) is 0 Å². The van der Waals surface area contributed by atoms with E-state index in [9.17, 15) is 0 Å². The number of furan rings is 2. The first kappa shape index (κ1) is 6.23. The van der Waals surface area contributed by atoms with Crippen molar-refractivity contribution in [3.05, 3.63) is 22.2 Å². The molecule has 0 aliphatic carbocycles. The van der Waals surface area contributed by atoms with Gasteiger partial charge in [0.1, 0.15) is 11.2 Å². The second kappa shape index (κ2) is 1.99. The van der Waals surface area contributed by atoms with E-state index in [1.54, 1.807) is 0 Å². The predicted molar refractivity (Wildman–Crippen MR) is 44.5 cm³/mol. The van der Waals surface area contributed by atoms with Gasteiger partial charge in [-0.2, -0.15) is 0 Å². The summed E-state index contributed by atoms with van der Waals surface area (Å²) >= 11 is 3.41. The predicted octanol–water partition coefficient (Wildman–Crippen LogP) is 3.20. The second-order valence-corrected chi connectivity index (χ2v) is 3.20. The molecule has 0 unspecified atom stereocenters. The summed E-state index contributed by atoms with van der Waals surface area (Å²) in [5, 5.41) is 0. The average Bonchev–Trinajstić information content (AvgIpc) is 2.44. The minimum absolute atomic E-state index is 0.971. The minimum Gasteiger partial charge on any atom is -0.456 e. The Kier molecular flexibility index (Phi) is 1.24. The molecule has 0 aromatic carbocycles. The maximum absolute atomic E-state index is 5.39. The van der Waals surface area contributed by atoms with Gasteiger partial charge in [0.2, 0.25) is 0 Å². The fourth-order valence-corrected chi connectivity index (χ4v) is 1.74. The molecule has 10 heavy (non-hydrogen) atoms. The Morgan fingerprint density at radius 3 is 2.70 bits per heavy atom. The molecule has 0 saturated carbocycles. The molecule has 0 N–H and O–H groups in total. The first-order valence-electron chi connectivity index (χ1n) is 3.31. The van der Waals surface area contributed by atoms with Gasteiger partial charge in [-0.25, -0.2) is 0 Å². The van der Waals surface area contributed by atoms with Crippen LogP contribution in [0, 0.1) is 0 Å². The number of rotatable bonds is 1. The molecule has 2 heteroatoms. The molecule has 0 spiro atoms. The third-order valence-electron chi connectivity index (χ3n) is 1.69. The van der Waals surface area contributed by atoms with Gasteiger partial charge in [-0.15, -0.1) is 0 Å². The monoisotopic (exact) mass is 198 g/mol. The number of halogens is 1. The third kappa shape index (κ3) is 0.686. The zero-order valence-electron chi connectivity index (χ0n) is 5.65. The molecule has 1 nitrogen and oxygen atoms in total. The van der Waals surface area contributed by atoms with Crippen LogP contribution in [0.1, 0.15) is 12.5 Å². The Morgan fingerprint density at radius 2 is 2.30 bits per heavy atom. The maximum Gasteiger partial charge on any atom is 0.145 e. The van der Waals surface area contributed by atoms with Crippen molar-refractivity contribution in [1.29, 1.82) is 0 Å². The number of benzene rings is 1. The lowest BCUT2D eigenvalue weighted by atomic mass is 10.2. The summed E-state index contributed by atoms with van der Waals surface area (Å²) in [6, 6.07) is 4.08. The van der Waals surface area contributed by atoms with Crippen molar-refractivity contribution in [1.82, 2.24) is 0 Å². The van der Waals surface area contributed by atoms with Crippen LogP contribution in [0.2, 0.25) is 0 Å². The number of aryl methyl sites for hydroxylation is 1. The summed E-state index contributed by atoms with van der Waals surface area (Å²) in [5.41, 5.74) is 3.28. The Balaban J connectivity index is 2.74. The van der Waals surface area contributed by atoms with Gasteiger partial charge >= 0.3 is 0 Å². The smallest absolute Gasteiger partial charge is 0.145 e. The molecule has 2 aromatic heterocycles. The number of hydrogen-bond donors (Lipinski definition) is 0. The SMILES string of the molecule is CCc1cc2cc(Br)c1o2. The van der Waals surface area contributed by atoms with Crippen molar-refractivity contribution in [2.75, 3.05) is 0 Å². The van der Waals surface area contributed by atoms with E-state index in [0.717, 1.165) is 22.1 Å². The van der Waals surface area contributed by atoms with E-state index in [-0.39, 0.29) is 0 Å². The molecule has 0 fully saturated rings. The largest absolute Gasteiger partial charge is 0.456 e. The van der Waals surface area contributed by atoms with Crippen LogP contribution < -0.4 is 0 Å². The summed E-state index contributed by atoms with van der Waals surface area (Å²) in [7, 11) is 0. The Labute approximate surface area is 67.5 Å². The lowest BCUT2D eigenvalue weighted by Gasteiger charge is -1.89. The minimum atomic E-state index is 0.971. The van der Waals surface area contributed by atoms with Crippen LogP contribution >= 0.6 is 15.9 Å². The van der Waals surface area contributed by atoms with Crippen molar-refractivity contribution in [3.63, 3.8) is 0 Å². The van der Waals surface area contributed by atoms with Gasteiger partial charge in [0, 0.05) is 0 Å². The number of hydrogen-bond acceptors (Lipinski definition) is 1. The summed E-state index contributed by atoms with van der Waals surface area (Å²) in [6.07, 6.45) is 1.04. The Morgan fingerprint density at radius 1 is 1.50 bits per heavy atom. The van der Waals surface area contributed by atoms with Gasteiger partial charge in [-0.3, -0.25) is 0 Å². The molecule has 2 aromatic rings. The molecule has 0 aliphatic rings. The molecule has 0 radical (unpaired) electrons. The van der Waals surface area contributed by atoms with Gasteiger partial charge in [0.15, 0.2) is 0 Å². The third-order valence-corrected chi connectivity index (χ3v) is 2.28. The highest BCUT2D eigenvalue weighted by atomic mass is 79.9. The molecular formula is C8H7BrO. The fourth-order valence-electron chi connectivity index (χ4n) is 1.18. The van der Waals surface area contributed by atoms with E-state index in [0.29, 0.717) is 0 Å². The van der Waals surface area contributed by atoms with Crippen molar-refractivity contribution in [2.24, 2.45) is 0 Å². The van der Waals surface area contributed by atoms with Crippen molar-refractivity contribution in [3.8, 4) is 0 Å². The van der Waals surface area contributed by atoms with Gasteiger partial charge < -0.3 is 4.42 Å². The van der Waals surface area contributed by atoms with Crippen molar-refractivity contribution < 1.29 is 4.42 Å². The van der Waals surface area contributed by atoms with Gasteiger partial charge in [-0.1, -0.05) is 6.92 Å². The van der Waals surface area contributed by atoms with Gasteiger partial charge in [-0.05, 0) is 40.0 Å². The molecule has 2 bridgehead atoms. The molecule has 0 saturated heterocycles. The van der Waals surface area contributed by atoms with E-state index in [4.69, 9.17) is 4.42 Å². The van der Waals surface area contributed by atoms with Crippen molar-refractivity contribution in [2.45, 2.75) is 13.3 Å². The topological polar surface area (TPSA) is 13.1 Å². The standard InChI is InChI=1S/C8H7BrO/c1-2-5-3-6-4-7(9)8(5)10-6/h3-4H,2H2,1H3. The maximum atomic E-state index is 5.39. The van der Waals surface area contributed by atoms with Crippen LogP contribution in [0.25, 0.3) is 11.2 Å². The zero-order valence-corrected chi connectivity index (χ0v) is 7.23. The highest BCUT2D eigenvalue weighted by Crippen LogP contribution is 2.31. The summed E-state index contributed by atoms with van der Waals surface area (Å²) in [5.74, 6) is 0. The van der Waals surface area contributed by atoms with Gasteiger partial charge in [0.25, 0.3) is 0 Å². The Hall–Kier alpha value is -0.500. The lowest BCUT2D eigenvalue weighted by molar-refractivity contribution is 0.671. The van der Waals surface area contributed by atoms with E-state index in [1.807, 2.05) is 6.07 Å². The van der Waals surface area contributed by atoms with Crippen LogP contribution in [0.4, 0.5) is 0 Å². The van der Waals surface area contributed by atoms with Gasteiger partial charge in [0.05, 0.1) is 4.47 Å². The highest BCUT2D eigenvalue weighted by molar-refractivity contribution is 9.10. The quantitative estimate of drug-likeness (QED) is 0.687. The highest BCUT2D eigenvalue weighted by Gasteiger charge is 2.09. The molecule has 2 rings (SSSR count). The molecular weight excluding hydrogens is 192 g/mol. The normalized spacial score (nSPS) is 11.4. The molecule has 52 valence electrons. The van der Waals surface area contributed by atoms with E-state index in [2.05, 4.69) is 28.9 Å². The molecule has 0 aliphatic heterocycles. The molecule has 2 heterocycles. The van der Waals surface area contributed by atoms with Crippen LogP contribution in [0.5, 0.6) is 0 Å². The van der Waals surface area contributed by atoms with Crippen LogP contribution in [-0.4, -0.2) is 0 Å². The summed E-state index contributed by atoms with van der Waals surface area (Å²) < 4.78 is 6.47. The molecule has 0 amide bonds. The number of fused-ring (bicyclic) bond motifs is 2. The van der Waals surface area contributed by atoms with Crippen LogP contribution in [0.15, 0.2) is 21.0 Å². The van der Waals surface area contributed by atoms with E-state index < -0.39 is 0 Å².